The molecule has 2 heterocycles. The number of aliphatic hydroxyl groups is 2. The number of rotatable bonds is 3. The Morgan fingerprint density at radius 3 is 2.76 bits per heavy atom. The molecular formula is C9H15N3O5. The van der Waals surface area contributed by atoms with Crippen LogP contribution in [-0.4, -0.2) is 53.3 Å². The molecule has 2 aliphatic heterocycles. The van der Waals surface area contributed by atoms with Crippen LogP contribution in [0.3, 0.4) is 0 Å². The third-order valence-corrected chi connectivity index (χ3v) is 2.80. The zero-order valence-electron chi connectivity index (χ0n) is 9.55. The Balaban J connectivity index is 2.18. The van der Waals surface area contributed by atoms with Crippen LogP contribution >= 0.6 is 0 Å². The Morgan fingerprint density at radius 2 is 2.18 bits per heavy atom. The summed E-state index contributed by atoms with van der Waals surface area (Å²) in [6.45, 7) is 2.96. The maximum atomic E-state index is 9.57. The van der Waals surface area contributed by atoms with Crippen LogP contribution in [0.15, 0.2) is 5.11 Å². The topological polar surface area (TPSA) is 117 Å². The summed E-state index contributed by atoms with van der Waals surface area (Å²) in [7, 11) is 0. The highest BCUT2D eigenvalue weighted by molar-refractivity contribution is 5.00. The maximum absolute atomic E-state index is 9.57. The summed E-state index contributed by atoms with van der Waals surface area (Å²) in [4.78, 5) is 2.71. The quantitative estimate of drug-likeness (QED) is 0.409. The third kappa shape index (κ3) is 2.23. The summed E-state index contributed by atoms with van der Waals surface area (Å²) in [6.07, 6.45) is -3.20. The van der Waals surface area contributed by atoms with Gasteiger partial charge in [-0.3, -0.25) is 0 Å². The van der Waals surface area contributed by atoms with Gasteiger partial charge in [0.1, 0.15) is 18.3 Å². The Kier molecular flexibility index (Phi) is 3.26. The molecule has 5 atom stereocenters. The number of azide groups is 1. The molecule has 0 amide bonds. The lowest BCUT2D eigenvalue weighted by Crippen LogP contribution is -2.41. The highest BCUT2D eigenvalue weighted by Crippen LogP contribution is 2.39. The van der Waals surface area contributed by atoms with Gasteiger partial charge in [0.25, 0.3) is 0 Å². The summed E-state index contributed by atoms with van der Waals surface area (Å²) in [5.41, 5.74) is 8.51. The number of hydrogen-bond donors (Lipinski definition) is 2. The molecule has 0 aromatic carbocycles. The predicted molar refractivity (Wildman–Crippen MR) is 54.7 cm³/mol. The standard InChI is InChI=1S/C9H15N3O5/c1-9(2)16-7-5(11-12-10)6(4(14)3-13)15-8(7)17-9/h4-8,13-14H,3H2,1-2H3/t4-,5+,6-,7+,8-/m1/s1. The molecule has 0 aliphatic carbocycles. The van der Waals surface area contributed by atoms with Gasteiger partial charge < -0.3 is 24.4 Å². The Hall–Kier alpha value is -0.890. The van der Waals surface area contributed by atoms with E-state index < -0.39 is 43.0 Å². The zero-order chi connectivity index (χ0) is 12.6. The zero-order valence-corrected chi connectivity index (χ0v) is 9.55. The number of fused-ring (bicyclic) bond motifs is 1. The molecule has 0 spiro atoms. The van der Waals surface area contributed by atoms with Crippen molar-refractivity contribution in [2.24, 2.45) is 5.11 Å². The average Bonchev–Trinajstić information content (AvgIpc) is 2.72. The summed E-state index contributed by atoms with van der Waals surface area (Å²) in [6, 6.07) is -0.714. The molecule has 0 bridgehead atoms. The molecule has 2 saturated heterocycles. The fourth-order valence-electron chi connectivity index (χ4n) is 2.13. The first-order chi connectivity index (χ1) is 7.98. The molecule has 2 aliphatic rings. The molecular weight excluding hydrogens is 230 g/mol. The predicted octanol–water partition coefficient (Wildman–Crippen LogP) is -0.105. The summed E-state index contributed by atoms with van der Waals surface area (Å²) >= 11 is 0. The van der Waals surface area contributed by atoms with Crippen LogP contribution in [0.2, 0.25) is 0 Å². The van der Waals surface area contributed by atoms with Crippen LogP contribution in [0.5, 0.6) is 0 Å². The van der Waals surface area contributed by atoms with E-state index in [1.807, 2.05) is 0 Å². The highest BCUT2D eigenvalue weighted by Gasteiger charge is 2.55. The van der Waals surface area contributed by atoms with E-state index in [-0.39, 0.29) is 0 Å². The second-order valence-corrected chi connectivity index (χ2v) is 4.51. The van der Waals surface area contributed by atoms with E-state index in [9.17, 15) is 5.11 Å². The van der Waals surface area contributed by atoms with Crippen LogP contribution in [0.4, 0.5) is 0 Å². The van der Waals surface area contributed by atoms with Gasteiger partial charge >= 0.3 is 0 Å². The van der Waals surface area contributed by atoms with Gasteiger partial charge in [0.15, 0.2) is 12.1 Å². The minimum absolute atomic E-state index is 0.481. The summed E-state index contributed by atoms with van der Waals surface area (Å²) in [5, 5.41) is 22.0. The Morgan fingerprint density at radius 1 is 1.47 bits per heavy atom. The van der Waals surface area contributed by atoms with E-state index in [2.05, 4.69) is 10.0 Å². The molecule has 8 heteroatoms. The van der Waals surface area contributed by atoms with Gasteiger partial charge in [-0.15, -0.1) is 0 Å². The van der Waals surface area contributed by atoms with E-state index in [0.29, 0.717) is 0 Å². The van der Waals surface area contributed by atoms with E-state index in [1.54, 1.807) is 13.8 Å². The van der Waals surface area contributed by atoms with Crippen LogP contribution in [0.25, 0.3) is 10.4 Å². The summed E-state index contributed by atoms with van der Waals surface area (Å²) in [5.74, 6) is -0.812. The number of aliphatic hydroxyl groups excluding tert-OH is 2. The van der Waals surface area contributed by atoms with Gasteiger partial charge in [-0.1, -0.05) is 5.11 Å². The molecule has 0 unspecified atom stereocenters. The van der Waals surface area contributed by atoms with Crippen molar-refractivity contribution in [2.45, 2.75) is 50.3 Å². The fraction of sp³-hybridized carbons (Fsp3) is 1.00. The number of hydrogen-bond acceptors (Lipinski definition) is 6. The molecule has 96 valence electrons. The van der Waals surface area contributed by atoms with Gasteiger partial charge in [-0.2, -0.15) is 0 Å². The summed E-state index contributed by atoms with van der Waals surface area (Å²) < 4.78 is 16.4. The first kappa shape index (κ1) is 12.6. The molecule has 0 radical (unpaired) electrons. The normalized spacial score (nSPS) is 40.7. The maximum Gasteiger partial charge on any atom is 0.188 e. The van der Waals surface area contributed by atoms with Gasteiger partial charge in [-0.25, -0.2) is 0 Å². The highest BCUT2D eigenvalue weighted by atomic mass is 16.8. The van der Waals surface area contributed by atoms with Crippen molar-refractivity contribution in [1.82, 2.24) is 0 Å². The lowest BCUT2D eigenvalue weighted by Gasteiger charge is -2.25. The largest absolute Gasteiger partial charge is 0.394 e. The van der Waals surface area contributed by atoms with Crippen LogP contribution in [0, 0.1) is 0 Å². The van der Waals surface area contributed by atoms with E-state index in [0.717, 1.165) is 0 Å². The van der Waals surface area contributed by atoms with Crippen molar-refractivity contribution in [3.05, 3.63) is 10.4 Å². The molecule has 2 rings (SSSR count). The average molecular weight is 245 g/mol. The van der Waals surface area contributed by atoms with E-state index in [4.69, 9.17) is 24.8 Å². The molecule has 2 fully saturated rings. The van der Waals surface area contributed by atoms with Gasteiger partial charge in [0.05, 0.1) is 12.6 Å². The van der Waals surface area contributed by atoms with Gasteiger partial charge in [-0.05, 0) is 19.4 Å². The number of nitrogens with zero attached hydrogens (tertiary/aromatic N) is 3. The SMILES string of the molecule is CC1(C)O[C@H]2O[C@H]([C@H](O)CO)[C@H](N=[N+]=[N-])[C@@H]2O1. The van der Waals surface area contributed by atoms with Crippen molar-refractivity contribution in [3.8, 4) is 0 Å². The first-order valence-electron chi connectivity index (χ1n) is 5.33. The molecule has 2 N–H and O–H groups in total. The fourth-order valence-corrected chi connectivity index (χ4v) is 2.13. The molecule has 0 saturated carbocycles. The minimum Gasteiger partial charge on any atom is -0.394 e. The van der Waals surface area contributed by atoms with Gasteiger partial charge in [0.2, 0.25) is 0 Å². The smallest absolute Gasteiger partial charge is 0.188 e. The van der Waals surface area contributed by atoms with E-state index >= 15 is 0 Å². The first-order valence-corrected chi connectivity index (χ1v) is 5.33. The molecule has 0 aromatic rings. The minimum atomic E-state index is -1.13. The molecule has 0 aromatic heterocycles. The third-order valence-electron chi connectivity index (χ3n) is 2.80. The van der Waals surface area contributed by atoms with Crippen molar-refractivity contribution >= 4 is 0 Å². The van der Waals surface area contributed by atoms with Crippen molar-refractivity contribution in [1.29, 1.82) is 0 Å². The van der Waals surface area contributed by atoms with Gasteiger partial charge in [0, 0.05) is 4.91 Å². The number of ether oxygens (including phenoxy) is 3. The Labute approximate surface area is 97.7 Å². The second-order valence-electron chi connectivity index (χ2n) is 4.51. The van der Waals surface area contributed by atoms with Crippen LogP contribution < -0.4 is 0 Å². The monoisotopic (exact) mass is 245 g/mol. The van der Waals surface area contributed by atoms with E-state index in [1.165, 1.54) is 0 Å². The second kappa shape index (κ2) is 4.41. The lowest BCUT2D eigenvalue weighted by molar-refractivity contribution is -0.217. The Bertz CT molecular complexity index is 344. The van der Waals surface area contributed by atoms with Crippen molar-refractivity contribution < 1.29 is 24.4 Å². The molecule has 8 nitrogen and oxygen atoms in total. The lowest BCUT2D eigenvalue weighted by atomic mass is 10.0. The molecule has 17 heavy (non-hydrogen) atoms. The van der Waals surface area contributed by atoms with Crippen LogP contribution in [-0.2, 0) is 14.2 Å². The van der Waals surface area contributed by atoms with Crippen molar-refractivity contribution in [3.63, 3.8) is 0 Å². The van der Waals surface area contributed by atoms with Crippen molar-refractivity contribution in [2.75, 3.05) is 6.61 Å². The van der Waals surface area contributed by atoms with Crippen LogP contribution in [0.1, 0.15) is 13.8 Å².